The fourth-order valence-electron chi connectivity index (χ4n) is 3.98. The number of hydrogen-bond donors (Lipinski definition) is 0. The molecule has 1 aliphatic rings. The normalized spacial score (nSPS) is 14.8. The number of nitriles is 1. The Morgan fingerprint density at radius 3 is 2.53 bits per heavy atom. The maximum atomic E-state index is 12.7. The number of pyridine rings is 1. The van der Waals surface area contributed by atoms with Crippen molar-refractivity contribution in [3.8, 4) is 6.07 Å². The van der Waals surface area contributed by atoms with Crippen LogP contribution in [0.3, 0.4) is 0 Å². The van der Waals surface area contributed by atoms with E-state index in [-0.39, 0.29) is 23.9 Å². The van der Waals surface area contributed by atoms with Gasteiger partial charge in [0.25, 0.3) is 0 Å². The van der Waals surface area contributed by atoms with Gasteiger partial charge in [0.1, 0.15) is 12.7 Å². The zero-order valence-electron chi connectivity index (χ0n) is 17.7. The lowest BCUT2D eigenvalue weighted by Gasteiger charge is -2.25. The lowest BCUT2D eigenvalue weighted by Crippen LogP contribution is -2.35. The first kappa shape index (κ1) is 22.1. The third-order valence-electron chi connectivity index (χ3n) is 5.76. The number of piperidine rings is 1. The van der Waals surface area contributed by atoms with E-state index in [1.54, 1.807) is 34.8 Å². The molecule has 0 amide bonds. The molecule has 0 N–H and O–H groups in total. The second kappa shape index (κ2) is 9.55. The monoisotopic (exact) mass is 451 g/mol. The average Bonchev–Trinajstić information content (AvgIpc) is 3.19. The number of hydrogen-bond acceptors (Lipinski definition) is 5. The highest BCUT2D eigenvalue weighted by atomic mass is 32.2. The highest BCUT2D eigenvalue weighted by Gasteiger charge is 2.25. The molecular weight excluding hydrogens is 426 g/mol. The number of ether oxygens (including phenoxy) is 1. The summed E-state index contributed by atoms with van der Waals surface area (Å²) in [5, 5.41) is 9.44. The zero-order chi connectivity index (χ0) is 22.6. The van der Waals surface area contributed by atoms with Crippen molar-refractivity contribution in [3.05, 3.63) is 71.5 Å². The summed E-state index contributed by atoms with van der Waals surface area (Å²) in [6, 6.07) is 14.5. The lowest BCUT2D eigenvalue weighted by atomic mass is 10.1. The molecule has 4 rings (SSSR count). The van der Waals surface area contributed by atoms with Gasteiger partial charge in [-0.3, -0.25) is 4.79 Å². The number of carbonyl (C=O) groups excluding carboxylic acids is 1. The summed E-state index contributed by atoms with van der Waals surface area (Å²) in [5.41, 5.74) is 2.82. The van der Waals surface area contributed by atoms with Gasteiger partial charge in [-0.1, -0.05) is 24.6 Å². The molecule has 0 radical (unpaired) electrons. The van der Waals surface area contributed by atoms with E-state index < -0.39 is 10.0 Å². The minimum absolute atomic E-state index is 0.0381. The van der Waals surface area contributed by atoms with E-state index in [1.165, 1.54) is 0 Å². The molecule has 3 aromatic rings. The lowest BCUT2D eigenvalue weighted by molar-refractivity contribution is -0.144. The number of esters is 1. The summed E-state index contributed by atoms with van der Waals surface area (Å²) in [5.74, 6) is -0.367. The molecule has 3 heterocycles. The predicted molar refractivity (Wildman–Crippen MR) is 119 cm³/mol. The molecule has 1 aromatic carbocycles. The van der Waals surface area contributed by atoms with Gasteiger partial charge >= 0.3 is 5.97 Å². The Balaban J connectivity index is 1.32. The molecular formula is C24H25N3O4S. The van der Waals surface area contributed by atoms with E-state index in [0.29, 0.717) is 30.6 Å². The molecule has 7 nitrogen and oxygen atoms in total. The Kier molecular flexibility index (Phi) is 6.58. The van der Waals surface area contributed by atoms with Crippen LogP contribution in [0.4, 0.5) is 0 Å². The van der Waals surface area contributed by atoms with Crippen molar-refractivity contribution in [2.24, 2.45) is 0 Å². The first-order valence-corrected chi connectivity index (χ1v) is 12.2. The molecule has 0 bridgehead atoms. The first-order valence-electron chi connectivity index (χ1n) is 10.7. The van der Waals surface area contributed by atoms with Crippen molar-refractivity contribution < 1.29 is 17.9 Å². The quantitative estimate of drug-likeness (QED) is 0.511. The third kappa shape index (κ3) is 4.69. The Labute approximate surface area is 187 Å². The molecule has 0 atom stereocenters. The van der Waals surface area contributed by atoms with Crippen molar-refractivity contribution in [3.63, 3.8) is 0 Å². The molecule has 1 saturated heterocycles. The highest BCUT2D eigenvalue weighted by molar-refractivity contribution is 7.89. The number of aromatic nitrogens is 1. The van der Waals surface area contributed by atoms with Gasteiger partial charge in [-0.05, 0) is 49.1 Å². The Morgan fingerprint density at radius 1 is 1.06 bits per heavy atom. The number of carbonyl (C=O) groups is 1. The molecule has 0 unspecified atom stereocenters. The Bertz CT molecular complexity index is 1250. The SMILES string of the molecule is N#Cc1c(COC(=O)CCc2ccc(S(=O)(=O)N3CCCCC3)cc2)cn2ccccc12. The summed E-state index contributed by atoms with van der Waals surface area (Å²) in [4.78, 5) is 12.5. The number of nitrogens with zero attached hydrogens (tertiary/aromatic N) is 3. The largest absolute Gasteiger partial charge is 0.461 e. The van der Waals surface area contributed by atoms with Crippen molar-refractivity contribution in [1.82, 2.24) is 8.71 Å². The smallest absolute Gasteiger partial charge is 0.306 e. The summed E-state index contributed by atoms with van der Waals surface area (Å²) < 4.78 is 34.2. The minimum atomic E-state index is -3.45. The zero-order valence-corrected chi connectivity index (χ0v) is 18.6. The third-order valence-corrected chi connectivity index (χ3v) is 7.67. The fraction of sp³-hybridized carbons (Fsp3) is 0.333. The molecule has 166 valence electrons. The number of sulfonamides is 1. The van der Waals surface area contributed by atoms with Crippen LogP contribution in [0.5, 0.6) is 0 Å². The highest BCUT2D eigenvalue weighted by Crippen LogP contribution is 2.22. The van der Waals surface area contributed by atoms with Gasteiger partial charge in [0, 0.05) is 37.5 Å². The standard InChI is InChI=1S/C24H25N3O4S/c25-16-22-20(17-26-13-5-2-6-23(22)26)18-31-24(28)12-9-19-7-10-21(11-8-19)32(29,30)27-14-3-1-4-15-27/h2,5-8,10-11,13,17H,1,3-4,9,12,14-15,18H2. The second-order valence-electron chi connectivity index (χ2n) is 7.90. The average molecular weight is 452 g/mol. The van der Waals surface area contributed by atoms with Crippen molar-refractivity contribution in [2.45, 2.75) is 43.6 Å². The van der Waals surface area contributed by atoms with Crippen LogP contribution in [-0.2, 0) is 32.6 Å². The van der Waals surface area contributed by atoms with Gasteiger partial charge in [0.15, 0.2) is 0 Å². The van der Waals surface area contributed by atoms with Crippen LogP contribution < -0.4 is 0 Å². The summed E-state index contributed by atoms with van der Waals surface area (Å²) in [6.45, 7) is 1.18. The first-order chi connectivity index (χ1) is 15.5. The maximum Gasteiger partial charge on any atom is 0.306 e. The number of benzene rings is 1. The van der Waals surface area contributed by atoms with Crippen LogP contribution in [0.15, 0.2) is 59.8 Å². The summed E-state index contributed by atoms with van der Waals surface area (Å²) in [6.07, 6.45) is 7.13. The van der Waals surface area contributed by atoms with Gasteiger partial charge in [0.2, 0.25) is 10.0 Å². The van der Waals surface area contributed by atoms with Gasteiger partial charge in [-0.15, -0.1) is 0 Å². The number of rotatable bonds is 7. The minimum Gasteiger partial charge on any atom is -0.461 e. The predicted octanol–water partition coefficient (Wildman–Crippen LogP) is 3.66. The molecule has 1 aliphatic heterocycles. The van der Waals surface area contributed by atoms with E-state index in [1.807, 2.05) is 28.8 Å². The molecule has 0 spiro atoms. The van der Waals surface area contributed by atoms with Crippen LogP contribution in [0.2, 0.25) is 0 Å². The van der Waals surface area contributed by atoms with E-state index in [4.69, 9.17) is 4.74 Å². The van der Waals surface area contributed by atoms with Gasteiger partial charge in [-0.25, -0.2) is 8.42 Å². The number of fused-ring (bicyclic) bond motifs is 1. The van der Waals surface area contributed by atoms with E-state index in [2.05, 4.69) is 6.07 Å². The van der Waals surface area contributed by atoms with Crippen LogP contribution in [-0.4, -0.2) is 36.2 Å². The Hall–Kier alpha value is -3.15. The molecule has 32 heavy (non-hydrogen) atoms. The molecule has 1 fully saturated rings. The van der Waals surface area contributed by atoms with Gasteiger partial charge in [0.05, 0.1) is 16.0 Å². The second-order valence-corrected chi connectivity index (χ2v) is 9.84. The fourth-order valence-corrected chi connectivity index (χ4v) is 5.49. The van der Waals surface area contributed by atoms with Crippen molar-refractivity contribution in [1.29, 1.82) is 5.26 Å². The van der Waals surface area contributed by atoms with Gasteiger partial charge in [-0.2, -0.15) is 9.57 Å². The van der Waals surface area contributed by atoms with Crippen LogP contribution in [0.1, 0.15) is 42.4 Å². The molecule has 2 aromatic heterocycles. The Morgan fingerprint density at radius 2 is 1.81 bits per heavy atom. The van der Waals surface area contributed by atoms with Crippen LogP contribution in [0, 0.1) is 11.3 Å². The molecule has 0 saturated carbocycles. The van der Waals surface area contributed by atoms with Crippen LogP contribution in [0.25, 0.3) is 5.52 Å². The molecule has 0 aliphatic carbocycles. The van der Waals surface area contributed by atoms with E-state index >= 15 is 0 Å². The van der Waals surface area contributed by atoms with Crippen LogP contribution >= 0.6 is 0 Å². The van der Waals surface area contributed by atoms with E-state index in [9.17, 15) is 18.5 Å². The van der Waals surface area contributed by atoms with Crippen molar-refractivity contribution in [2.75, 3.05) is 13.1 Å². The maximum absolute atomic E-state index is 12.7. The molecule has 8 heteroatoms. The topological polar surface area (TPSA) is 91.9 Å². The number of aryl methyl sites for hydroxylation is 1. The summed E-state index contributed by atoms with van der Waals surface area (Å²) >= 11 is 0. The van der Waals surface area contributed by atoms with E-state index in [0.717, 1.165) is 30.3 Å². The summed E-state index contributed by atoms with van der Waals surface area (Å²) in [7, 11) is -3.45. The van der Waals surface area contributed by atoms with Crippen molar-refractivity contribution >= 4 is 21.5 Å². The van der Waals surface area contributed by atoms with Gasteiger partial charge < -0.3 is 9.14 Å².